The van der Waals surface area contributed by atoms with Crippen molar-refractivity contribution in [3.63, 3.8) is 0 Å². The molecule has 0 amide bonds. The minimum absolute atomic E-state index is 0.672. The summed E-state index contributed by atoms with van der Waals surface area (Å²) in [5, 5.41) is 3.61. The summed E-state index contributed by atoms with van der Waals surface area (Å²) in [5.41, 5.74) is 6.23. The van der Waals surface area contributed by atoms with Gasteiger partial charge in [-0.15, -0.1) is 11.3 Å². The van der Waals surface area contributed by atoms with Crippen molar-refractivity contribution in [1.82, 2.24) is 15.0 Å². The molecule has 1 aliphatic rings. The first-order valence-electron chi connectivity index (χ1n) is 10.3. The van der Waals surface area contributed by atoms with Crippen LogP contribution in [-0.4, -0.2) is 15.0 Å². The smallest absolute Gasteiger partial charge is 0.126 e. The predicted molar refractivity (Wildman–Crippen MR) is 129 cm³/mol. The van der Waals surface area contributed by atoms with Crippen LogP contribution in [0.3, 0.4) is 0 Å². The van der Waals surface area contributed by atoms with E-state index in [4.69, 9.17) is 33.2 Å². The second-order valence-electron chi connectivity index (χ2n) is 7.60. The molecule has 0 unspecified atom stereocenters. The van der Waals surface area contributed by atoms with Gasteiger partial charge in [0.05, 0.1) is 10.2 Å². The van der Waals surface area contributed by atoms with Crippen LogP contribution in [0.2, 0.25) is 10.0 Å². The van der Waals surface area contributed by atoms with Crippen LogP contribution in [0.15, 0.2) is 29.6 Å². The van der Waals surface area contributed by atoms with Crippen molar-refractivity contribution in [2.45, 2.75) is 56.2 Å². The fourth-order valence-electron chi connectivity index (χ4n) is 4.27. The van der Waals surface area contributed by atoms with Gasteiger partial charge in [0.2, 0.25) is 0 Å². The largest absolute Gasteiger partial charge is 0.242 e. The van der Waals surface area contributed by atoms with E-state index in [2.05, 4.69) is 11.9 Å². The van der Waals surface area contributed by atoms with E-state index in [0.29, 0.717) is 15.8 Å². The molecule has 0 saturated carbocycles. The van der Waals surface area contributed by atoms with Gasteiger partial charge in [-0.1, -0.05) is 54.4 Å². The molecule has 154 valence electrons. The SMILES string of the molecule is CCCc1nc2sc3c(SCc4c(Cl)cccc4Cl)ncnc3c2c2c1CCCC2. The van der Waals surface area contributed by atoms with E-state index < -0.39 is 0 Å². The maximum absolute atomic E-state index is 6.37. The number of halogens is 2. The Bertz CT molecular complexity index is 1230. The van der Waals surface area contributed by atoms with Crippen molar-refractivity contribution in [3.8, 4) is 0 Å². The van der Waals surface area contributed by atoms with Crippen molar-refractivity contribution in [2.24, 2.45) is 0 Å². The fraction of sp³-hybridized carbons (Fsp3) is 0.348. The Morgan fingerprint density at radius 1 is 1.07 bits per heavy atom. The second kappa shape index (κ2) is 8.62. The minimum Gasteiger partial charge on any atom is -0.242 e. The van der Waals surface area contributed by atoms with Gasteiger partial charge < -0.3 is 0 Å². The maximum Gasteiger partial charge on any atom is 0.126 e. The van der Waals surface area contributed by atoms with E-state index in [1.54, 1.807) is 29.4 Å². The molecule has 0 fully saturated rings. The second-order valence-corrected chi connectivity index (χ2v) is 10.4. The van der Waals surface area contributed by atoms with Crippen molar-refractivity contribution in [3.05, 3.63) is 57.0 Å². The van der Waals surface area contributed by atoms with E-state index in [-0.39, 0.29) is 0 Å². The number of pyridine rings is 1. The Labute approximate surface area is 194 Å². The molecule has 1 aromatic carbocycles. The minimum atomic E-state index is 0.672. The quantitative estimate of drug-likeness (QED) is 0.220. The van der Waals surface area contributed by atoms with E-state index in [1.165, 1.54) is 35.0 Å². The predicted octanol–water partition coefficient (Wildman–Crippen LogP) is 7.67. The average molecular weight is 474 g/mol. The lowest BCUT2D eigenvalue weighted by atomic mass is 9.88. The zero-order valence-corrected chi connectivity index (χ0v) is 19.8. The first-order valence-corrected chi connectivity index (χ1v) is 12.9. The third-order valence-electron chi connectivity index (χ3n) is 5.68. The van der Waals surface area contributed by atoms with Crippen molar-refractivity contribution in [2.75, 3.05) is 0 Å². The summed E-state index contributed by atoms with van der Waals surface area (Å²) in [4.78, 5) is 15.5. The summed E-state index contributed by atoms with van der Waals surface area (Å²) < 4.78 is 1.12. The third kappa shape index (κ3) is 3.60. The van der Waals surface area contributed by atoms with Gasteiger partial charge in [-0.25, -0.2) is 15.0 Å². The molecule has 3 heterocycles. The fourth-order valence-corrected chi connectivity index (χ4v) is 7.27. The number of hydrogen-bond acceptors (Lipinski definition) is 5. The molecule has 30 heavy (non-hydrogen) atoms. The van der Waals surface area contributed by atoms with Crippen molar-refractivity contribution >= 4 is 66.7 Å². The molecule has 5 rings (SSSR count). The molecule has 0 radical (unpaired) electrons. The van der Waals surface area contributed by atoms with Gasteiger partial charge in [0.25, 0.3) is 0 Å². The Hall–Kier alpha value is -1.40. The Balaban J connectivity index is 1.62. The van der Waals surface area contributed by atoms with Crippen LogP contribution in [0.4, 0.5) is 0 Å². The summed E-state index contributed by atoms with van der Waals surface area (Å²) in [6, 6.07) is 5.63. The number of hydrogen-bond donors (Lipinski definition) is 0. The molecule has 0 spiro atoms. The van der Waals surface area contributed by atoms with Gasteiger partial charge in [-0.2, -0.15) is 0 Å². The van der Waals surface area contributed by atoms with Crippen LogP contribution in [0.5, 0.6) is 0 Å². The van der Waals surface area contributed by atoms with Gasteiger partial charge in [0.1, 0.15) is 16.2 Å². The van der Waals surface area contributed by atoms with E-state index >= 15 is 0 Å². The van der Waals surface area contributed by atoms with Gasteiger partial charge in [-0.3, -0.25) is 0 Å². The number of aromatic nitrogens is 3. The molecular weight excluding hydrogens is 453 g/mol. The monoisotopic (exact) mass is 473 g/mol. The number of thioether (sulfide) groups is 1. The lowest BCUT2D eigenvalue weighted by molar-refractivity contribution is 0.675. The molecule has 0 aliphatic heterocycles. The van der Waals surface area contributed by atoms with Gasteiger partial charge >= 0.3 is 0 Å². The summed E-state index contributed by atoms with van der Waals surface area (Å²) in [5.74, 6) is 0.672. The zero-order chi connectivity index (χ0) is 20.7. The lowest BCUT2D eigenvalue weighted by Crippen LogP contribution is -2.09. The average Bonchev–Trinajstić information content (AvgIpc) is 3.13. The number of thiophene rings is 1. The van der Waals surface area contributed by atoms with E-state index in [0.717, 1.165) is 51.3 Å². The molecular formula is C23H21Cl2N3S2. The van der Waals surface area contributed by atoms with Crippen LogP contribution >= 0.6 is 46.3 Å². The highest BCUT2D eigenvalue weighted by Gasteiger charge is 2.23. The normalized spacial score (nSPS) is 13.8. The highest BCUT2D eigenvalue weighted by Crippen LogP contribution is 2.42. The number of rotatable bonds is 5. The standard InChI is InChI=1S/C23H21Cl2N3S2/c1-2-6-18-13-7-3-4-8-14(13)19-20-21(30-22(19)28-18)23(27-12-26-20)29-11-15-16(24)9-5-10-17(15)25/h5,9-10,12H,2-4,6-8,11H2,1H3. The van der Waals surface area contributed by atoms with Gasteiger partial charge in [-0.05, 0) is 60.9 Å². The molecule has 1 aliphatic carbocycles. The first-order chi connectivity index (χ1) is 14.7. The molecule has 0 N–H and O–H groups in total. The summed E-state index contributed by atoms with van der Waals surface area (Å²) in [6.45, 7) is 2.23. The summed E-state index contributed by atoms with van der Waals surface area (Å²) in [7, 11) is 0. The van der Waals surface area contributed by atoms with Gasteiger partial charge in [0.15, 0.2) is 0 Å². The third-order valence-corrected chi connectivity index (χ3v) is 8.61. The Kier molecular flexibility index (Phi) is 5.89. The van der Waals surface area contributed by atoms with Crippen molar-refractivity contribution in [1.29, 1.82) is 0 Å². The number of benzene rings is 1. The summed E-state index contributed by atoms with van der Waals surface area (Å²) >= 11 is 16.1. The summed E-state index contributed by atoms with van der Waals surface area (Å²) in [6.07, 6.45) is 8.61. The maximum atomic E-state index is 6.37. The molecule has 0 bridgehead atoms. The molecule has 3 nitrogen and oxygen atoms in total. The molecule has 3 aromatic heterocycles. The van der Waals surface area contributed by atoms with Crippen LogP contribution in [0.1, 0.15) is 48.6 Å². The Morgan fingerprint density at radius 2 is 1.83 bits per heavy atom. The van der Waals surface area contributed by atoms with Crippen LogP contribution in [0.25, 0.3) is 20.4 Å². The number of fused-ring (bicyclic) bond motifs is 5. The molecule has 0 atom stereocenters. The van der Waals surface area contributed by atoms with Gasteiger partial charge in [0, 0.05) is 26.9 Å². The van der Waals surface area contributed by atoms with Crippen LogP contribution in [-0.2, 0) is 25.0 Å². The van der Waals surface area contributed by atoms with Crippen LogP contribution in [0, 0.1) is 0 Å². The lowest BCUT2D eigenvalue weighted by Gasteiger charge is -2.19. The van der Waals surface area contributed by atoms with Crippen LogP contribution < -0.4 is 0 Å². The number of aryl methyl sites for hydroxylation is 2. The van der Waals surface area contributed by atoms with E-state index in [9.17, 15) is 0 Å². The highest BCUT2D eigenvalue weighted by molar-refractivity contribution is 7.98. The zero-order valence-electron chi connectivity index (χ0n) is 16.7. The van der Waals surface area contributed by atoms with Crippen molar-refractivity contribution < 1.29 is 0 Å². The molecule has 7 heteroatoms. The number of nitrogens with zero attached hydrogens (tertiary/aromatic N) is 3. The first kappa shape index (κ1) is 20.5. The molecule has 4 aromatic rings. The topological polar surface area (TPSA) is 38.7 Å². The van der Waals surface area contributed by atoms with E-state index in [1.807, 2.05) is 18.2 Å². The molecule has 0 saturated heterocycles. The highest BCUT2D eigenvalue weighted by atomic mass is 35.5. The Morgan fingerprint density at radius 3 is 2.60 bits per heavy atom.